The highest BCUT2D eigenvalue weighted by Gasteiger charge is 2.69. The number of hydrogen-bond acceptors (Lipinski definition) is 12. The van der Waals surface area contributed by atoms with Crippen molar-refractivity contribution in [3.8, 4) is 0 Å². The maximum absolute atomic E-state index is 11.3. The lowest BCUT2D eigenvalue weighted by Crippen LogP contribution is -2.64. The van der Waals surface area contributed by atoms with Gasteiger partial charge >= 0.3 is 0 Å². The van der Waals surface area contributed by atoms with E-state index in [1.807, 2.05) is 0 Å². The van der Waals surface area contributed by atoms with Crippen LogP contribution in [-0.4, -0.2) is 123 Å². The molecule has 8 aliphatic rings. The molecule has 3 saturated carbocycles. The molecule has 4 saturated heterocycles. The molecule has 0 bridgehead atoms. The predicted octanol–water partition coefficient (Wildman–Crippen LogP) is 2.39. The summed E-state index contributed by atoms with van der Waals surface area (Å²) in [6.07, 6.45) is -4.22. The topological polar surface area (TPSA) is 177 Å². The number of fused-ring (bicyclic) bond motifs is 7. The van der Waals surface area contributed by atoms with Crippen molar-refractivity contribution in [2.45, 2.75) is 178 Å². The van der Waals surface area contributed by atoms with Crippen molar-refractivity contribution in [3.63, 3.8) is 0 Å². The van der Waals surface area contributed by atoms with Crippen LogP contribution in [0.25, 0.3) is 0 Å². The molecule has 290 valence electrons. The first-order valence-corrected chi connectivity index (χ1v) is 19.8. The third-order valence-electron chi connectivity index (χ3n) is 15.6. The molecule has 0 radical (unpaired) electrons. The molecule has 12 heteroatoms. The number of allylic oxidation sites excluding steroid dienone is 1. The summed E-state index contributed by atoms with van der Waals surface area (Å²) in [5.41, 5.74) is 0.900. The summed E-state index contributed by atoms with van der Waals surface area (Å²) >= 11 is 0. The number of aliphatic hydroxyl groups excluding tert-OH is 6. The van der Waals surface area contributed by atoms with E-state index in [0.29, 0.717) is 48.3 Å². The molecule has 6 N–H and O–H groups in total. The van der Waals surface area contributed by atoms with Crippen molar-refractivity contribution in [1.82, 2.24) is 0 Å². The largest absolute Gasteiger partial charge is 0.393 e. The first-order valence-electron chi connectivity index (χ1n) is 19.8. The van der Waals surface area contributed by atoms with Gasteiger partial charge < -0.3 is 59.1 Å². The lowest BCUT2D eigenvalue weighted by molar-refractivity contribution is -0.371. The Labute approximate surface area is 301 Å². The van der Waals surface area contributed by atoms with Crippen molar-refractivity contribution in [2.24, 2.45) is 46.3 Å². The van der Waals surface area contributed by atoms with Gasteiger partial charge in [-0.15, -0.1) is 0 Å². The Morgan fingerprint density at radius 3 is 2.18 bits per heavy atom. The van der Waals surface area contributed by atoms with E-state index in [2.05, 4.69) is 33.8 Å². The van der Waals surface area contributed by atoms with Gasteiger partial charge in [0.1, 0.15) is 36.6 Å². The van der Waals surface area contributed by atoms with E-state index in [4.69, 9.17) is 28.4 Å². The number of rotatable bonds is 4. The van der Waals surface area contributed by atoms with Gasteiger partial charge in [0.05, 0.1) is 37.1 Å². The molecule has 22 unspecified atom stereocenters. The normalized spacial score (nSPS) is 59.8. The van der Waals surface area contributed by atoms with Crippen molar-refractivity contribution in [2.75, 3.05) is 6.61 Å². The van der Waals surface area contributed by atoms with E-state index in [-0.39, 0.29) is 11.5 Å². The second-order valence-electron chi connectivity index (χ2n) is 18.3. The van der Waals surface area contributed by atoms with E-state index in [0.717, 1.165) is 45.1 Å². The van der Waals surface area contributed by atoms with Crippen LogP contribution in [0.5, 0.6) is 0 Å². The van der Waals surface area contributed by atoms with Gasteiger partial charge in [-0.3, -0.25) is 0 Å². The van der Waals surface area contributed by atoms with Crippen LogP contribution in [-0.2, 0) is 28.4 Å². The molecule has 4 aliphatic carbocycles. The molecular formula is C39H62O12. The van der Waals surface area contributed by atoms with Gasteiger partial charge in [-0.1, -0.05) is 39.3 Å². The van der Waals surface area contributed by atoms with Gasteiger partial charge in [-0.25, -0.2) is 0 Å². The molecule has 7 fully saturated rings. The zero-order chi connectivity index (χ0) is 36.4. The second kappa shape index (κ2) is 13.2. The zero-order valence-electron chi connectivity index (χ0n) is 31.0. The molecule has 0 aromatic rings. The van der Waals surface area contributed by atoms with Crippen LogP contribution < -0.4 is 0 Å². The highest BCUT2D eigenvalue weighted by atomic mass is 16.8. The summed E-state index contributed by atoms with van der Waals surface area (Å²) in [6.45, 7) is 13.4. The van der Waals surface area contributed by atoms with E-state index in [1.165, 1.54) is 5.57 Å². The molecule has 8 rings (SSSR count). The Morgan fingerprint density at radius 1 is 0.765 bits per heavy atom. The molecule has 12 nitrogen and oxygen atoms in total. The minimum Gasteiger partial charge on any atom is -0.393 e. The third kappa shape index (κ3) is 5.67. The Kier molecular flexibility index (Phi) is 9.62. The first-order chi connectivity index (χ1) is 24.1. The minimum atomic E-state index is -1.61. The molecular weight excluding hydrogens is 660 g/mol. The van der Waals surface area contributed by atoms with Crippen molar-refractivity contribution >= 4 is 0 Å². The van der Waals surface area contributed by atoms with Crippen molar-refractivity contribution < 1.29 is 59.1 Å². The van der Waals surface area contributed by atoms with E-state index < -0.39 is 84.8 Å². The van der Waals surface area contributed by atoms with E-state index in [1.54, 1.807) is 13.8 Å². The molecule has 0 aromatic carbocycles. The van der Waals surface area contributed by atoms with Crippen LogP contribution in [0.1, 0.15) is 92.9 Å². The highest BCUT2D eigenvalue weighted by molar-refractivity contribution is 5.29. The number of ether oxygens (including phenoxy) is 6. The average Bonchev–Trinajstić information content (AvgIpc) is 3.54. The van der Waals surface area contributed by atoms with Crippen LogP contribution in [0.4, 0.5) is 0 Å². The van der Waals surface area contributed by atoms with Gasteiger partial charge in [-0.2, -0.15) is 0 Å². The summed E-state index contributed by atoms with van der Waals surface area (Å²) in [5.74, 6) is 2.06. The summed E-state index contributed by atoms with van der Waals surface area (Å²) in [4.78, 5) is 0. The van der Waals surface area contributed by atoms with Crippen molar-refractivity contribution in [3.05, 3.63) is 11.6 Å². The summed E-state index contributed by atoms with van der Waals surface area (Å²) in [6, 6.07) is 0. The first kappa shape index (κ1) is 37.2. The molecule has 0 amide bonds. The highest BCUT2D eigenvalue weighted by Crippen LogP contribution is 2.71. The standard InChI is InChI=1S/C39H62O12/c1-17-9-12-39(46-16-17)18(2)28-26(51-39)15-25-23-8-7-21-13-22(40)14-27(38(21,6)24(23)10-11-37(25,28)5)49-36-34(32(44)30(42)20(4)48-36)50-35-33(45)31(43)29(41)19(3)47-35/h7,17-20,22-36,40-45H,8-16H2,1-6H3. The summed E-state index contributed by atoms with van der Waals surface area (Å²) < 4.78 is 38.4. The maximum atomic E-state index is 11.3. The molecule has 4 heterocycles. The lowest BCUT2D eigenvalue weighted by Gasteiger charge is -2.60. The Hall–Kier alpha value is -0.740. The molecule has 1 spiro atoms. The SMILES string of the molecule is CC1CCC2(OC1)OC1CC3C4CC=C5CC(O)CC(OC6OC(C)C(O)C(O)C6OC6OC(C)C(O)C(O)C6O)C5(C)C4CCC3(C)C1C2C. The number of hydrogen-bond donors (Lipinski definition) is 6. The van der Waals surface area contributed by atoms with Gasteiger partial charge in [0, 0.05) is 24.2 Å². The van der Waals surface area contributed by atoms with Gasteiger partial charge in [0.25, 0.3) is 0 Å². The Bertz CT molecular complexity index is 1320. The quantitative estimate of drug-likeness (QED) is 0.234. The van der Waals surface area contributed by atoms with Gasteiger partial charge in [0.2, 0.25) is 0 Å². The molecule has 51 heavy (non-hydrogen) atoms. The van der Waals surface area contributed by atoms with Crippen LogP contribution in [0.3, 0.4) is 0 Å². The monoisotopic (exact) mass is 722 g/mol. The Morgan fingerprint density at radius 2 is 1.47 bits per heavy atom. The second-order valence-corrected chi connectivity index (χ2v) is 18.3. The molecule has 22 atom stereocenters. The minimum absolute atomic E-state index is 0.130. The molecule has 4 aliphatic heterocycles. The maximum Gasteiger partial charge on any atom is 0.187 e. The van der Waals surface area contributed by atoms with Crippen molar-refractivity contribution in [1.29, 1.82) is 0 Å². The summed E-state index contributed by atoms with van der Waals surface area (Å²) in [5, 5.41) is 64.8. The lowest BCUT2D eigenvalue weighted by atomic mass is 9.46. The van der Waals surface area contributed by atoms with Crippen LogP contribution in [0.15, 0.2) is 11.6 Å². The van der Waals surface area contributed by atoms with Crippen LogP contribution in [0.2, 0.25) is 0 Å². The fraction of sp³-hybridized carbons (Fsp3) is 0.949. The fourth-order valence-electron chi connectivity index (χ4n) is 12.6. The van der Waals surface area contributed by atoms with Crippen LogP contribution >= 0.6 is 0 Å². The van der Waals surface area contributed by atoms with Crippen LogP contribution in [0, 0.1) is 46.3 Å². The van der Waals surface area contributed by atoms with E-state index in [9.17, 15) is 30.6 Å². The number of aliphatic hydroxyl groups is 6. The smallest absolute Gasteiger partial charge is 0.187 e. The fourth-order valence-corrected chi connectivity index (χ4v) is 12.6. The Balaban J connectivity index is 1.05. The predicted molar refractivity (Wildman–Crippen MR) is 182 cm³/mol. The zero-order valence-corrected chi connectivity index (χ0v) is 31.0. The van der Waals surface area contributed by atoms with E-state index >= 15 is 0 Å². The summed E-state index contributed by atoms with van der Waals surface area (Å²) in [7, 11) is 0. The third-order valence-corrected chi connectivity index (χ3v) is 15.6. The van der Waals surface area contributed by atoms with Gasteiger partial charge in [0.15, 0.2) is 18.4 Å². The average molecular weight is 723 g/mol. The molecule has 0 aromatic heterocycles. The van der Waals surface area contributed by atoms with Gasteiger partial charge in [-0.05, 0) is 87.4 Å².